The molecule has 2 rings (SSSR count). The molecule has 1 fully saturated rings. The highest BCUT2D eigenvalue weighted by molar-refractivity contribution is 7.92. The van der Waals surface area contributed by atoms with E-state index in [1.54, 1.807) is 6.07 Å². The molecule has 0 spiro atoms. The molecule has 132 valence electrons. The molecule has 0 unspecified atom stereocenters. The third-order valence-corrected chi connectivity index (χ3v) is 6.74. The average molecular weight is 373 g/mol. The van der Waals surface area contributed by atoms with Crippen molar-refractivity contribution in [3.05, 3.63) is 28.8 Å². The zero-order chi connectivity index (χ0) is 17.7. The first-order valence-corrected chi connectivity index (χ1v) is 9.96. The van der Waals surface area contributed by atoms with Crippen LogP contribution in [-0.4, -0.2) is 38.3 Å². The minimum Gasteiger partial charge on any atom is -0.355 e. The van der Waals surface area contributed by atoms with Crippen LogP contribution in [0.25, 0.3) is 0 Å². The van der Waals surface area contributed by atoms with Crippen LogP contribution in [0.2, 0.25) is 5.02 Å². The second-order valence-corrected chi connectivity index (χ2v) is 8.65. The third kappa shape index (κ3) is 4.70. The highest BCUT2D eigenvalue weighted by Crippen LogP contribution is 2.26. The molecule has 0 saturated heterocycles. The molecule has 1 aliphatic carbocycles. The van der Waals surface area contributed by atoms with Crippen molar-refractivity contribution >= 4 is 38.9 Å². The Morgan fingerprint density at radius 2 is 1.92 bits per heavy atom. The summed E-state index contributed by atoms with van der Waals surface area (Å²) >= 11 is 6.02. The molecule has 0 bridgehead atoms. The van der Waals surface area contributed by atoms with Crippen molar-refractivity contribution in [2.75, 3.05) is 18.1 Å². The number of carbonyl (C=O) groups excluding carboxylic acids is 2. The molecule has 6 nitrogen and oxygen atoms in total. The van der Waals surface area contributed by atoms with Crippen molar-refractivity contribution in [2.24, 2.45) is 0 Å². The van der Waals surface area contributed by atoms with Gasteiger partial charge in [-0.1, -0.05) is 24.4 Å². The van der Waals surface area contributed by atoms with Gasteiger partial charge in [0.25, 0.3) is 5.91 Å². The predicted molar refractivity (Wildman–Crippen MR) is 94.1 cm³/mol. The minimum atomic E-state index is -3.24. The molecule has 0 aromatic heterocycles. The van der Waals surface area contributed by atoms with E-state index in [1.165, 1.54) is 19.2 Å². The highest BCUT2D eigenvalue weighted by atomic mass is 35.5. The maximum atomic E-state index is 12.2. The average Bonchev–Trinajstić information content (AvgIpc) is 3.10. The molecule has 2 N–H and O–H groups in total. The topological polar surface area (TPSA) is 92.3 Å². The number of rotatable bonds is 6. The summed E-state index contributed by atoms with van der Waals surface area (Å²) in [6.45, 7) is 0. The molecule has 1 saturated carbocycles. The lowest BCUT2D eigenvalue weighted by Crippen LogP contribution is -2.24. The number of amides is 2. The van der Waals surface area contributed by atoms with Crippen molar-refractivity contribution in [1.82, 2.24) is 5.32 Å². The van der Waals surface area contributed by atoms with Crippen LogP contribution >= 0.6 is 11.6 Å². The summed E-state index contributed by atoms with van der Waals surface area (Å²) in [6, 6.07) is 4.52. The Labute approximate surface area is 146 Å². The zero-order valence-electron chi connectivity index (χ0n) is 13.5. The van der Waals surface area contributed by atoms with E-state index in [9.17, 15) is 18.0 Å². The number of sulfone groups is 1. The molecule has 24 heavy (non-hydrogen) atoms. The number of hydrogen-bond donors (Lipinski definition) is 2. The van der Waals surface area contributed by atoms with Crippen molar-refractivity contribution < 1.29 is 18.0 Å². The van der Waals surface area contributed by atoms with E-state index in [-0.39, 0.29) is 28.4 Å². The molecule has 0 atom stereocenters. The smallest absolute Gasteiger partial charge is 0.251 e. The Morgan fingerprint density at radius 1 is 1.25 bits per heavy atom. The van der Waals surface area contributed by atoms with Gasteiger partial charge in [0.15, 0.2) is 9.84 Å². The molecule has 8 heteroatoms. The highest BCUT2D eigenvalue weighted by Gasteiger charge is 2.28. The van der Waals surface area contributed by atoms with Crippen LogP contribution in [0.4, 0.5) is 5.69 Å². The Morgan fingerprint density at radius 3 is 2.54 bits per heavy atom. The van der Waals surface area contributed by atoms with Gasteiger partial charge in [-0.05, 0) is 31.0 Å². The molecule has 1 aromatic rings. The van der Waals surface area contributed by atoms with Crippen molar-refractivity contribution in [1.29, 1.82) is 0 Å². The minimum absolute atomic E-state index is 0.126. The summed E-state index contributed by atoms with van der Waals surface area (Å²) in [7, 11) is -1.74. The largest absolute Gasteiger partial charge is 0.355 e. The Bertz CT molecular complexity index is 728. The second-order valence-electron chi connectivity index (χ2n) is 5.85. The fourth-order valence-electron chi connectivity index (χ4n) is 2.77. The van der Waals surface area contributed by atoms with E-state index in [0.717, 1.165) is 12.8 Å². The SMILES string of the molecule is CNC(=O)c1ccc(Cl)c(NC(=O)CCS(=O)(=O)C2CCCC2)c1. The fourth-order valence-corrected chi connectivity index (χ4v) is 4.79. The predicted octanol–water partition coefficient (Wildman–Crippen LogP) is 2.39. The Kier molecular flexibility index (Phi) is 6.23. The molecule has 1 aliphatic rings. The molecule has 0 aliphatic heterocycles. The summed E-state index contributed by atoms with van der Waals surface area (Å²) in [5.41, 5.74) is 0.650. The van der Waals surface area contributed by atoms with Crippen LogP contribution in [-0.2, 0) is 14.6 Å². The zero-order valence-corrected chi connectivity index (χ0v) is 15.0. The van der Waals surface area contributed by atoms with Gasteiger partial charge in [-0.2, -0.15) is 0 Å². The number of nitrogens with one attached hydrogen (secondary N) is 2. The van der Waals surface area contributed by atoms with Crippen molar-refractivity contribution in [3.8, 4) is 0 Å². The quantitative estimate of drug-likeness (QED) is 0.801. The number of halogens is 1. The van der Waals surface area contributed by atoms with Crippen LogP contribution in [0.15, 0.2) is 18.2 Å². The lowest BCUT2D eigenvalue weighted by atomic mass is 10.2. The molecule has 1 aromatic carbocycles. The number of carbonyl (C=O) groups is 2. The van der Waals surface area contributed by atoms with Gasteiger partial charge in [-0.25, -0.2) is 8.42 Å². The van der Waals surface area contributed by atoms with Crippen LogP contribution in [0.5, 0.6) is 0 Å². The van der Waals surface area contributed by atoms with Crippen molar-refractivity contribution in [2.45, 2.75) is 37.4 Å². The first kappa shape index (κ1) is 18.7. The van der Waals surface area contributed by atoms with E-state index in [1.807, 2.05) is 0 Å². The van der Waals surface area contributed by atoms with Gasteiger partial charge in [0.1, 0.15) is 0 Å². The van der Waals surface area contributed by atoms with Crippen molar-refractivity contribution in [3.63, 3.8) is 0 Å². The molecule has 2 amide bonds. The number of hydrogen-bond acceptors (Lipinski definition) is 4. The van der Waals surface area contributed by atoms with Gasteiger partial charge in [0.2, 0.25) is 5.91 Å². The maximum Gasteiger partial charge on any atom is 0.251 e. The molecule has 0 heterocycles. The summed E-state index contributed by atoms with van der Waals surface area (Å²) in [4.78, 5) is 23.7. The van der Waals surface area contributed by atoms with E-state index in [4.69, 9.17) is 11.6 Å². The second kappa shape index (κ2) is 7.98. The Hall–Kier alpha value is -1.60. The monoisotopic (exact) mass is 372 g/mol. The first-order valence-electron chi connectivity index (χ1n) is 7.86. The maximum absolute atomic E-state index is 12.2. The lowest BCUT2D eigenvalue weighted by Gasteiger charge is -2.12. The van der Waals surface area contributed by atoms with Crippen LogP contribution in [0.3, 0.4) is 0 Å². The number of benzene rings is 1. The van der Waals surface area contributed by atoms with Gasteiger partial charge in [-0.15, -0.1) is 0 Å². The summed E-state index contributed by atoms with van der Waals surface area (Å²) in [6.07, 6.45) is 3.10. The fraction of sp³-hybridized carbons (Fsp3) is 0.500. The van der Waals surface area contributed by atoms with Crippen LogP contribution in [0, 0.1) is 0 Å². The van der Waals surface area contributed by atoms with E-state index < -0.39 is 15.7 Å². The Balaban J connectivity index is 1.98. The first-order chi connectivity index (χ1) is 11.3. The lowest BCUT2D eigenvalue weighted by molar-refractivity contribution is -0.115. The van der Waals surface area contributed by atoms with E-state index in [0.29, 0.717) is 24.1 Å². The van der Waals surface area contributed by atoms with Gasteiger partial charge >= 0.3 is 0 Å². The van der Waals surface area contributed by atoms with Gasteiger partial charge in [-0.3, -0.25) is 9.59 Å². The molecule has 0 radical (unpaired) electrons. The summed E-state index contributed by atoms with van der Waals surface area (Å²) in [5.74, 6) is -0.908. The third-order valence-electron chi connectivity index (χ3n) is 4.15. The van der Waals surface area contributed by atoms with Gasteiger partial charge in [0.05, 0.1) is 21.7 Å². The molecular weight excluding hydrogens is 352 g/mol. The van der Waals surface area contributed by atoms with Gasteiger partial charge in [0, 0.05) is 19.0 Å². The van der Waals surface area contributed by atoms with E-state index >= 15 is 0 Å². The van der Waals surface area contributed by atoms with Crippen LogP contribution in [0.1, 0.15) is 42.5 Å². The normalized spacial score (nSPS) is 15.2. The summed E-state index contributed by atoms with van der Waals surface area (Å²) in [5, 5.41) is 5.03. The summed E-state index contributed by atoms with van der Waals surface area (Å²) < 4.78 is 24.4. The standard InChI is InChI=1S/C16H21ClN2O4S/c1-18-16(21)11-6-7-13(17)14(10-11)19-15(20)8-9-24(22,23)12-4-2-3-5-12/h6-7,10,12H,2-5,8-9H2,1H3,(H,18,21)(H,19,20). The van der Waals surface area contributed by atoms with E-state index in [2.05, 4.69) is 10.6 Å². The number of anilines is 1. The molecular formula is C16H21ClN2O4S. The van der Waals surface area contributed by atoms with Crippen LogP contribution < -0.4 is 10.6 Å². The van der Waals surface area contributed by atoms with Gasteiger partial charge < -0.3 is 10.6 Å².